The first-order chi connectivity index (χ1) is 14.1. The van der Waals surface area contributed by atoms with Crippen molar-refractivity contribution in [1.29, 1.82) is 0 Å². The van der Waals surface area contributed by atoms with Gasteiger partial charge in [0.1, 0.15) is 0 Å². The third kappa shape index (κ3) is 4.28. The van der Waals surface area contributed by atoms with Crippen molar-refractivity contribution in [2.45, 2.75) is 19.3 Å². The van der Waals surface area contributed by atoms with Crippen LogP contribution in [0, 0.1) is 0 Å². The molecule has 0 aromatic heterocycles. The van der Waals surface area contributed by atoms with Crippen molar-refractivity contribution < 1.29 is 9.90 Å². The zero-order chi connectivity index (χ0) is 20.2. The molecule has 0 atom stereocenters. The first-order valence-electron chi connectivity index (χ1n) is 9.77. The largest absolute Gasteiger partial charge is 0.478 e. The number of carbonyl (C=O) groups is 1. The standard InChI is InChI=1S/C25H22BrNO2/c26-19-13-14-24(23(16-19)25(28)29)27-15-5-10-22-20-8-3-1-6-17(20)11-12-18-7-2-4-9-21(18)22/h1-4,6-10,13-14,16,27H,5,11-12,15H2,(H,28,29). The molecule has 0 unspecified atom stereocenters. The third-order valence-corrected chi connectivity index (χ3v) is 5.79. The molecule has 0 saturated carbocycles. The maximum Gasteiger partial charge on any atom is 0.337 e. The van der Waals surface area contributed by atoms with Crippen LogP contribution in [0.2, 0.25) is 0 Å². The molecule has 0 saturated heterocycles. The van der Waals surface area contributed by atoms with E-state index in [-0.39, 0.29) is 5.56 Å². The Balaban J connectivity index is 1.59. The predicted molar refractivity (Wildman–Crippen MR) is 122 cm³/mol. The van der Waals surface area contributed by atoms with Gasteiger partial charge in [-0.05, 0) is 65.3 Å². The average molecular weight is 448 g/mol. The highest BCUT2D eigenvalue weighted by Crippen LogP contribution is 2.33. The molecule has 1 aliphatic carbocycles. The number of aromatic carboxylic acids is 1. The molecule has 3 nitrogen and oxygen atoms in total. The molecule has 0 amide bonds. The number of carboxylic acids is 1. The number of benzene rings is 3. The number of hydrogen-bond acceptors (Lipinski definition) is 2. The van der Waals surface area contributed by atoms with E-state index in [4.69, 9.17) is 0 Å². The van der Waals surface area contributed by atoms with Crippen molar-refractivity contribution in [1.82, 2.24) is 0 Å². The number of halogens is 1. The van der Waals surface area contributed by atoms with Crippen LogP contribution < -0.4 is 5.32 Å². The summed E-state index contributed by atoms with van der Waals surface area (Å²) < 4.78 is 0.759. The maximum absolute atomic E-state index is 11.5. The highest BCUT2D eigenvalue weighted by atomic mass is 79.9. The van der Waals surface area contributed by atoms with Gasteiger partial charge in [0.05, 0.1) is 5.56 Å². The summed E-state index contributed by atoms with van der Waals surface area (Å²) in [5.74, 6) is -0.932. The smallest absolute Gasteiger partial charge is 0.337 e. The zero-order valence-electron chi connectivity index (χ0n) is 16.0. The number of rotatable bonds is 5. The maximum atomic E-state index is 11.5. The Morgan fingerprint density at radius 2 is 1.59 bits per heavy atom. The van der Waals surface area contributed by atoms with Crippen molar-refractivity contribution >= 4 is 33.2 Å². The lowest BCUT2D eigenvalue weighted by Gasteiger charge is -2.13. The second-order valence-electron chi connectivity index (χ2n) is 7.14. The van der Waals surface area contributed by atoms with Gasteiger partial charge in [0.25, 0.3) is 0 Å². The Labute approximate surface area is 179 Å². The van der Waals surface area contributed by atoms with E-state index < -0.39 is 5.97 Å². The van der Waals surface area contributed by atoms with Crippen molar-refractivity contribution in [3.8, 4) is 0 Å². The van der Waals surface area contributed by atoms with Gasteiger partial charge in [0, 0.05) is 16.7 Å². The topological polar surface area (TPSA) is 49.3 Å². The van der Waals surface area contributed by atoms with Crippen LogP contribution in [0.5, 0.6) is 0 Å². The van der Waals surface area contributed by atoms with Crippen LogP contribution in [0.15, 0.2) is 77.3 Å². The second-order valence-corrected chi connectivity index (χ2v) is 8.06. The lowest BCUT2D eigenvalue weighted by molar-refractivity contribution is 0.0698. The lowest BCUT2D eigenvalue weighted by atomic mass is 9.93. The van der Waals surface area contributed by atoms with Gasteiger partial charge in [-0.25, -0.2) is 4.79 Å². The molecule has 1 aliphatic rings. The molecule has 0 spiro atoms. The van der Waals surface area contributed by atoms with Gasteiger partial charge in [0.15, 0.2) is 0 Å². The van der Waals surface area contributed by atoms with E-state index in [9.17, 15) is 9.90 Å². The van der Waals surface area contributed by atoms with E-state index in [1.165, 1.54) is 27.8 Å². The van der Waals surface area contributed by atoms with E-state index in [1.807, 2.05) is 6.07 Å². The normalized spacial score (nSPS) is 12.5. The summed E-state index contributed by atoms with van der Waals surface area (Å²) in [5.41, 5.74) is 7.54. The van der Waals surface area contributed by atoms with E-state index >= 15 is 0 Å². The number of nitrogens with one attached hydrogen (secondary N) is 1. The molecular formula is C25H22BrNO2. The van der Waals surface area contributed by atoms with E-state index in [2.05, 4.69) is 75.9 Å². The SMILES string of the molecule is O=C(O)c1cc(Br)ccc1NCCC=C1c2ccccc2CCc2ccccc21. The predicted octanol–water partition coefficient (Wildman–Crippen LogP) is 6.18. The summed E-state index contributed by atoms with van der Waals surface area (Å²) in [7, 11) is 0. The summed E-state index contributed by atoms with van der Waals surface area (Å²) in [4.78, 5) is 11.5. The lowest BCUT2D eigenvalue weighted by Crippen LogP contribution is -2.07. The molecule has 4 heteroatoms. The number of carboxylic acid groups (broad SMARTS) is 1. The molecule has 29 heavy (non-hydrogen) atoms. The van der Waals surface area contributed by atoms with Gasteiger partial charge in [-0.15, -0.1) is 0 Å². The highest BCUT2D eigenvalue weighted by molar-refractivity contribution is 9.10. The fraction of sp³-hybridized carbons (Fsp3) is 0.160. The highest BCUT2D eigenvalue weighted by Gasteiger charge is 2.17. The van der Waals surface area contributed by atoms with Gasteiger partial charge >= 0.3 is 5.97 Å². The molecule has 4 rings (SSSR count). The first-order valence-corrected chi connectivity index (χ1v) is 10.6. The summed E-state index contributed by atoms with van der Waals surface area (Å²) in [6.45, 7) is 0.662. The molecule has 0 radical (unpaired) electrons. The fourth-order valence-corrected chi connectivity index (χ4v) is 4.27. The molecule has 146 valence electrons. The molecule has 2 N–H and O–H groups in total. The fourth-order valence-electron chi connectivity index (χ4n) is 3.91. The first kappa shape index (κ1) is 19.5. The molecule has 0 heterocycles. The summed E-state index contributed by atoms with van der Waals surface area (Å²) in [6.07, 6.45) is 5.16. The van der Waals surface area contributed by atoms with Crippen LogP contribution in [-0.2, 0) is 12.8 Å². The minimum atomic E-state index is -0.932. The quantitative estimate of drug-likeness (QED) is 0.459. The third-order valence-electron chi connectivity index (χ3n) is 5.30. The van der Waals surface area contributed by atoms with Crippen molar-refractivity contribution in [2.24, 2.45) is 0 Å². The molecule has 3 aromatic rings. The van der Waals surface area contributed by atoms with Crippen LogP contribution in [-0.4, -0.2) is 17.6 Å². The van der Waals surface area contributed by atoms with Gasteiger partial charge in [0.2, 0.25) is 0 Å². The van der Waals surface area contributed by atoms with Gasteiger partial charge in [-0.3, -0.25) is 0 Å². The minimum absolute atomic E-state index is 0.275. The number of aryl methyl sites for hydroxylation is 2. The molecule has 0 aliphatic heterocycles. The number of fused-ring (bicyclic) bond motifs is 2. The van der Waals surface area contributed by atoms with E-state index in [1.54, 1.807) is 12.1 Å². The van der Waals surface area contributed by atoms with Crippen LogP contribution in [0.25, 0.3) is 5.57 Å². The van der Waals surface area contributed by atoms with Crippen molar-refractivity contribution in [2.75, 3.05) is 11.9 Å². The van der Waals surface area contributed by atoms with Gasteiger partial charge < -0.3 is 10.4 Å². The number of anilines is 1. The average Bonchev–Trinajstić information content (AvgIpc) is 2.89. The Morgan fingerprint density at radius 1 is 0.966 bits per heavy atom. The van der Waals surface area contributed by atoms with Crippen LogP contribution in [0.3, 0.4) is 0 Å². The molecule has 0 bridgehead atoms. The minimum Gasteiger partial charge on any atom is -0.478 e. The monoisotopic (exact) mass is 447 g/mol. The van der Waals surface area contributed by atoms with Crippen LogP contribution in [0.1, 0.15) is 39.0 Å². The Hall–Kier alpha value is -2.85. The summed E-state index contributed by atoms with van der Waals surface area (Å²) >= 11 is 3.34. The molecule has 0 fully saturated rings. The Morgan fingerprint density at radius 3 is 2.21 bits per heavy atom. The van der Waals surface area contributed by atoms with E-state index in [0.29, 0.717) is 12.2 Å². The summed E-state index contributed by atoms with van der Waals surface area (Å²) in [6, 6.07) is 22.5. The summed E-state index contributed by atoms with van der Waals surface area (Å²) in [5, 5.41) is 12.7. The Kier molecular flexibility index (Phi) is 5.81. The van der Waals surface area contributed by atoms with Crippen LogP contribution in [0.4, 0.5) is 5.69 Å². The van der Waals surface area contributed by atoms with Crippen LogP contribution >= 0.6 is 15.9 Å². The second kappa shape index (κ2) is 8.66. The van der Waals surface area contributed by atoms with E-state index in [0.717, 1.165) is 23.7 Å². The Bertz CT molecular complexity index is 1040. The molecular weight excluding hydrogens is 426 g/mol. The van der Waals surface area contributed by atoms with Gasteiger partial charge in [-0.2, -0.15) is 0 Å². The zero-order valence-corrected chi connectivity index (χ0v) is 17.6. The number of hydrogen-bond donors (Lipinski definition) is 2. The van der Waals surface area contributed by atoms with Crippen molar-refractivity contribution in [3.63, 3.8) is 0 Å². The van der Waals surface area contributed by atoms with Crippen molar-refractivity contribution in [3.05, 3.63) is 105 Å². The van der Waals surface area contributed by atoms with Gasteiger partial charge in [-0.1, -0.05) is 70.5 Å². The molecule has 3 aromatic carbocycles.